The van der Waals surface area contributed by atoms with E-state index in [4.69, 9.17) is 4.74 Å². The lowest BCUT2D eigenvalue weighted by atomic mass is 10.0. The first-order valence-corrected chi connectivity index (χ1v) is 9.78. The lowest BCUT2D eigenvalue weighted by Gasteiger charge is -2.33. The Morgan fingerprint density at radius 2 is 2.15 bits per heavy atom. The van der Waals surface area contributed by atoms with E-state index in [1.807, 2.05) is 41.7 Å². The molecule has 20 heavy (non-hydrogen) atoms. The molecular weight excluding hydrogens is 356 g/mol. The van der Waals surface area contributed by atoms with Gasteiger partial charge in [-0.15, -0.1) is 0 Å². The highest BCUT2D eigenvalue weighted by molar-refractivity contribution is 9.10. The molecule has 0 aliphatic carbocycles. The summed E-state index contributed by atoms with van der Waals surface area (Å²) in [4.78, 5) is 0. The molecule has 1 aromatic rings. The van der Waals surface area contributed by atoms with Crippen molar-refractivity contribution in [3.05, 3.63) is 28.2 Å². The molecule has 1 saturated heterocycles. The van der Waals surface area contributed by atoms with Crippen LogP contribution in [0.5, 0.6) is 5.75 Å². The second-order valence-corrected chi connectivity index (χ2v) is 8.43. The molecule has 1 aliphatic heterocycles. The van der Waals surface area contributed by atoms with E-state index in [2.05, 4.69) is 22.9 Å². The van der Waals surface area contributed by atoms with Crippen molar-refractivity contribution in [2.24, 2.45) is 0 Å². The third kappa shape index (κ3) is 4.09. The van der Waals surface area contributed by atoms with Gasteiger partial charge < -0.3 is 9.84 Å². The predicted octanol–water partition coefficient (Wildman–Crippen LogP) is 3.99. The van der Waals surface area contributed by atoms with Crippen molar-refractivity contribution in [1.29, 1.82) is 0 Å². The third-order valence-electron chi connectivity index (χ3n) is 3.55. The van der Waals surface area contributed by atoms with Crippen LogP contribution in [0.25, 0.3) is 0 Å². The number of hydrogen-bond acceptors (Lipinski definition) is 4. The summed E-state index contributed by atoms with van der Waals surface area (Å²) in [7, 11) is 1.68. The molecule has 2 rings (SSSR count). The van der Waals surface area contributed by atoms with Crippen LogP contribution < -0.4 is 4.74 Å². The first-order valence-electron chi connectivity index (χ1n) is 6.89. The van der Waals surface area contributed by atoms with E-state index in [-0.39, 0.29) is 6.10 Å². The number of halogens is 1. The van der Waals surface area contributed by atoms with E-state index in [0.29, 0.717) is 16.9 Å². The van der Waals surface area contributed by atoms with Gasteiger partial charge in [0.15, 0.2) is 0 Å². The number of methoxy groups -OCH3 is 1. The van der Waals surface area contributed by atoms with Gasteiger partial charge in [0.1, 0.15) is 5.75 Å². The Morgan fingerprint density at radius 1 is 1.40 bits per heavy atom. The molecule has 1 heterocycles. The summed E-state index contributed by atoms with van der Waals surface area (Å²) in [5.74, 6) is 3.19. The number of thioether (sulfide) groups is 2. The third-order valence-corrected chi connectivity index (χ3v) is 7.43. The van der Waals surface area contributed by atoms with E-state index < -0.39 is 0 Å². The Labute approximate surface area is 138 Å². The second kappa shape index (κ2) is 7.97. The molecule has 1 N–H and O–H groups in total. The molecule has 1 fully saturated rings. The first-order chi connectivity index (χ1) is 9.65. The summed E-state index contributed by atoms with van der Waals surface area (Å²) < 4.78 is 6.42. The van der Waals surface area contributed by atoms with Crippen LogP contribution in [-0.4, -0.2) is 40.3 Å². The average molecular weight is 377 g/mol. The van der Waals surface area contributed by atoms with Gasteiger partial charge in [-0.1, -0.05) is 22.9 Å². The zero-order valence-electron chi connectivity index (χ0n) is 11.8. The van der Waals surface area contributed by atoms with Gasteiger partial charge in [-0.05, 0) is 30.2 Å². The van der Waals surface area contributed by atoms with Crippen LogP contribution in [0.15, 0.2) is 22.7 Å². The predicted molar refractivity (Wildman–Crippen MR) is 93.2 cm³/mol. The molecule has 3 unspecified atom stereocenters. The lowest BCUT2D eigenvalue weighted by molar-refractivity contribution is 0.168. The largest absolute Gasteiger partial charge is 0.496 e. The fraction of sp³-hybridized carbons (Fsp3) is 0.600. The molecule has 0 aromatic heterocycles. The SMILES string of the molecule is CCC1SCCSC1C(O)Cc1cc(Br)ccc1OC. The second-order valence-electron chi connectivity index (χ2n) is 4.88. The van der Waals surface area contributed by atoms with Gasteiger partial charge in [-0.2, -0.15) is 23.5 Å². The Balaban J connectivity index is 2.10. The molecule has 0 amide bonds. The van der Waals surface area contributed by atoms with E-state index in [9.17, 15) is 5.11 Å². The highest BCUT2D eigenvalue weighted by atomic mass is 79.9. The zero-order valence-corrected chi connectivity index (χ0v) is 15.1. The molecule has 0 radical (unpaired) electrons. The normalized spacial score (nSPS) is 24.4. The van der Waals surface area contributed by atoms with Crippen LogP contribution in [0, 0.1) is 0 Å². The first kappa shape index (κ1) is 16.5. The van der Waals surface area contributed by atoms with Crippen LogP contribution in [0.4, 0.5) is 0 Å². The molecule has 1 aromatic carbocycles. The van der Waals surface area contributed by atoms with Crippen LogP contribution in [0.2, 0.25) is 0 Å². The van der Waals surface area contributed by atoms with Crippen LogP contribution >= 0.6 is 39.5 Å². The summed E-state index contributed by atoms with van der Waals surface area (Å²) in [5.41, 5.74) is 1.07. The maximum absolute atomic E-state index is 10.6. The summed E-state index contributed by atoms with van der Waals surface area (Å²) >= 11 is 7.41. The molecule has 1 aliphatic rings. The number of ether oxygens (including phenoxy) is 1. The average Bonchev–Trinajstić information content (AvgIpc) is 2.47. The maximum Gasteiger partial charge on any atom is 0.122 e. The Kier molecular flexibility index (Phi) is 6.59. The van der Waals surface area contributed by atoms with Gasteiger partial charge in [0.25, 0.3) is 0 Å². The summed E-state index contributed by atoms with van der Waals surface area (Å²) in [5, 5.41) is 11.5. The topological polar surface area (TPSA) is 29.5 Å². The number of rotatable bonds is 5. The maximum atomic E-state index is 10.6. The van der Waals surface area contributed by atoms with Crippen molar-refractivity contribution in [3.63, 3.8) is 0 Å². The van der Waals surface area contributed by atoms with Crippen molar-refractivity contribution in [3.8, 4) is 5.75 Å². The van der Waals surface area contributed by atoms with Crippen molar-refractivity contribution >= 4 is 39.5 Å². The van der Waals surface area contributed by atoms with Gasteiger partial charge in [0, 0.05) is 32.9 Å². The van der Waals surface area contributed by atoms with Crippen LogP contribution in [0.1, 0.15) is 18.9 Å². The van der Waals surface area contributed by atoms with Crippen molar-refractivity contribution < 1.29 is 9.84 Å². The van der Waals surface area contributed by atoms with Crippen molar-refractivity contribution in [2.75, 3.05) is 18.6 Å². The molecule has 0 spiro atoms. The minimum Gasteiger partial charge on any atom is -0.496 e. The highest BCUT2D eigenvalue weighted by Crippen LogP contribution is 2.36. The molecule has 5 heteroatoms. The number of aliphatic hydroxyl groups excluding tert-OH is 1. The summed E-state index contributed by atoms with van der Waals surface area (Å²) in [6.07, 6.45) is 1.45. The molecule has 3 atom stereocenters. The van der Waals surface area contributed by atoms with Gasteiger partial charge in [-0.25, -0.2) is 0 Å². The Morgan fingerprint density at radius 3 is 2.85 bits per heavy atom. The Bertz CT molecular complexity index is 442. The molecule has 0 saturated carbocycles. The quantitative estimate of drug-likeness (QED) is 0.840. The molecule has 2 nitrogen and oxygen atoms in total. The molecule has 112 valence electrons. The fourth-order valence-corrected chi connectivity index (χ4v) is 6.10. The summed E-state index contributed by atoms with van der Waals surface area (Å²) in [6.45, 7) is 2.21. The Hall–Kier alpha value is 0.160. The van der Waals surface area contributed by atoms with Gasteiger partial charge in [0.2, 0.25) is 0 Å². The van der Waals surface area contributed by atoms with Crippen molar-refractivity contribution in [1.82, 2.24) is 0 Å². The van der Waals surface area contributed by atoms with Gasteiger partial charge in [-0.3, -0.25) is 0 Å². The summed E-state index contributed by atoms with van der Waals surface area (Å²) in [6, 6.07) is 5.96. The minimum absolute atomic E-state index is 0.319. The zero-order chi connectivity index (χ0) is 14.5. The molecule has 0 bridgehead atoms. The van der Waals surface area contributed by atoms with E-state index in [1.165, 1.54) is 5.75 Å². The molecular formula is C15H21BrO2S2. The minimum atomic E-state index is -0.319. The standard InChI is InChI=1S/C15H21BrO2S2/c1-3-14-15(20-7-6-19-14)12(17)9-10-8-11(16)4-5-13(10)18-2/h4-5,8,12,14-15,17H,3,6-7,9H2,1-2H3. The number of benzene rings is 1. The van der Waals surface area contributed by atoms with E-state index in [0.717, 1.165) is 28.0 Å². The lowest BCUT2D eigenvalue weighted by Crippen LogP contribution is -2.37. The van der Waals surface area contributed by atoms with E-state index >= 15 is 0 Å². The smallest absolute Gasteiger partial charge is 0.122 e. The number of aliphatic hydroxyl groups is 1. The van der Waals surface area contributed by atoms with E-state index in [1.54, 1.807) is 7.11 Å². The van der Waals surface area contributed by atoms with Gasteiger partial charge in [0.05, 0.1) is 13.2 Å². The highest BCUT2D eigenvalue weighted by Gasteiger charge is 2.31. The van der Waals surface area contributed by atoms with Gasteiger partial charge >= 0.3 is 0 Å². The monoisotopic (exact) mass is 376 g/mol. The van der Waals surface area contributed by atoms with Crippen LogP contribution in [-0.2, 0) is 6.42 Å². The van der Waals surface area contributed by atoms with Crippen LogP contribution in [0.3, 0.4) is 0 Å². The fourth-order valence-electron chi connectivity index (χ4n) is 2.54. The van der Waals surface area contributed by atoms with Crippen molar-refractivity contribution in [2.45, 2.75) is 36.4 Å². The number of hydrogen-bond donors (Lipinski definition) is 1.